The van der Waals surface area contributed by atoms with Gasteiger partial charge in [0.1, 0.15) is 23.5 Å². The van der Waals surface area contributed by atoms with Gasteiger partial charge < -0.3 is 9.80 Å². The molecule has 1 fully saturated rings. The number of pyridine rings is 1. The number of hydrogen-bond acceptors (Lipinski definition) is 6. The molecule has 0 aromatic carbocycles. The minimum absolute atomic E-state index is 0.316. The first kappa shape index (κ1) is 16.2. The minimum Gasteiger partial charge on any atom is -0.353 e. The van der Waals surface area contributed by atoms with E-state index < -0.39 is 0 Å². The van der Waals surface area contributed by atoms with E-state index in [1.54, 1.807) is 12.3 Å². The van der Waals surface area contributed by atoms with Crippen molar-refractivity contribution in [3.63, 3.8) is 0 Å². The molecule has 0 aliphatic carbocycles. The van der Waals surface area contributed by atoms with Crippen LogP contribution in [0, 0.1) is 18.3 Å². The van der Waals surface area contributed by atoms with Crippen LogP contribution in [0.1, 0.15) is 36.8 Å². The first-order valence-corrected chi connectivity index (χ1v) is 8.29. The van der Waals surface area contributed by atoms with Crippen LogP contribution in [-0.4, -0.2) is 41.1 Å². The molecule has 24 heavy (non-hydrogen) atoms. The maximum absolute atomic E-state index is 9.25. The van der Waals surface area contributed by atoms with Crippen LogP contribution in [0.2, 0.25) is 0 Å². The topological polar surface area (TPSA) is 68.9 Å². The lowest BCUT2D eigenvalue weighted by Gasteiger charge is -2.36. The molecule has 6 heteroatoms. The predicted octanol–water partition coefficient (Wildman–Crippen LogP) is 2.50. The summed E-state index contributed by atoms with van der Waals surface area (Å²) >= 11 is 0. The first-order valence-electron chi connectivity index (χ1n) is 8.29. The van der Waals surface area contributed by atoms with Gasteiger partial charge in [-0.2, -0.15) is 5.26 Å². The Labute approximate surface area is 142 Å². The number of nitrogens with zero attached hydrogens (tertiary/aromatic N) is 6. The Morgan fingerprint density at radius 1 is 1.12 bits per heavy atom. The molecule has 0 saturated carbocycles. The molecule has 0 atom stereocenters. The fourth-order valence-corrected chi connectivity index (χ4v) is 2.88. The first-order chi connectivity index (χ1) is 11.6. The van der Waals surface area contributed by atoms with Crippen molar-refractivity contribution in [3.05, 3.63) is 41.5 Å². The van der Waals surface area contributed by atoms with Crippen LogP contribution in [0.4, 0.5) is 11.6 Å². The number of aromatic nitrogens is 3. The Morgan fingerprint density at radius 3 is 2.50 bits per heavy atom. The molecule has 1 aliphatic rings. The normalized spacial score (nSPS) is 14.8. The van der Waals surface area contributed by atoms with Crippen LogP contribution in [0.5, 0.6) is 0 Å². The van der Waals surface area contributed by atoms with Crippen molar-refractivity contribution in [2.75, 3.05) is 36.0 Å². The lowest BCUT2D eigenvalue weighted by Crippen LogP contribution is -2.47. The van der Waals surface area contributed by atoms with E-state index in [-0.39, 0.29) is 0 Å². The summed E-state index contributed by atoms with van der Waals surface area (Å²) in [5, 5.41) is 9.25. The molecule has 0 bridgehead atoms. The fraction of sp³-hybridized carbons (Fsp3) is 0.444. The van der Waals surface area contributed by atoms with E-state index in [4.69, 9.17) is 4.98 Å². The highest BCUT2D eigenvalue weighted by Crippen LogP contribution is 2.22. The zero-order valence-corrected chi connectivity index (χ0v) is 14.4. The third kappa shape index (κ3) is 3.30. The molecule has 6 nitrogen and oxygen atoms in total. The molecule has 0 spiro atoms. The molecular weight excluding hydrogens is 300 g/mol. The molecule has 0 amide bonds. The van der Waals surface area contributed by atoms with Gasteiger partial charge in [0.05, 0.1) is 5.56 Å². The Hall–Kier alpha value is -2.68. The summed E-state index contributed by atoms with van der Waals surface area (Å²) < 4.78 is 0. The molecular formula is C18H22N6. The van der Waals surface area contributed by atoms with Crippen molar-refractivity contribution in [2.24, 2.45) is 0 Å². The minimum atomic E-state index is 0.316. The third-order valence-electron chi connectivity index (χ3n) is 4.18. The Morgan fingerprint density at radius 2 is 1.83 bits per heavy atom. The molecule has 3 rings (SSSR count). The number of anilines is 2. The summed E-state index contributed by atoms with van der Waals surface area (Å²) in [6.45, 7) is 9.60. The highest BCUT2D eigenvalue weighted by Gasteiger charge is 2.21. The summed E-state index contributed by atoms with van der Waals surface area (Å²) in [7, 11) is 0. The molecule has 3 heterocycles. The highest BCUT2D eigenvalue weighted by molar-refractivity contribution is 5.55. The average molecular weight is 322 g/mol. The summed E-state index contributed by atoms with van der Waals surface area (Å²) in [6.07, 6.45) is 1.74. The smallest absolute Gasteiger partial charge is 0.146 e. The van der Waals surface area contributed by atoms with Crippen LogP contribution < -0.4 is 9.80 Å². The second-order valence-corrected chi connectivity index (χ2v) is 6.34. The van der Waals surface area contributed by atoms with Gasteiger partial charge in [-0.25, -0.2) is 15.0 Å². The van der Waals surface area contributed by atoms with E-state index in [1.165, 1.54) is 0 Å². The van der Waals surface area contributed by atoms with Gasteiger partial charge in [0.2, 0.25) is 0 Å². The van der Waals surface area contributed by atoms with E-state index in [2.05, 4.69) is 39.7 Å². The van der Waals surface area contributed by atoms with E-state index in [0.29, 0.717) is 11.5 Å². The van der Waals surface area contributed by atoms with Gasteiger partial charge in [0.25, 0.3) is 0 Å². The molecule has 2 aromatic heterocycles. The number of rotatable bonds is 3. The van der Waals surface area contributed by atoms with E-state index in [9.17, 15) is 5.26 Å². The number of hydrogen-bond donors (Lipinski definition) is 0. The summed E-state index contributed by atoms with van der Waals surface area (Å²) in [5.41, 5.74) is 1.63. The van der Waals surface area contributed by atoms with Crippen molar-refractivity contribution in [3.8, 4) is 6.07 Å². The number of nitriles is 1. The van der Waals surface area contributed by atoms with Gasteiger partial charge in [0.15, 0.2) is 0 Å². The van der Waals surface area contributed by atoms with Gasteiger partial charge in [-0.1, -0.05) is 13.8 Å². The zero-order chi connectivity index (χ0) is 17.1. The van der Waals surface area contributed by atoms with Crippen LogP contribution in [-0.2, 0) is 0 Å². The quantitative estimate of drug-likeness (QED) is 0.865. The molecule has 124 valence electrons. The fourth-order valence-electron chi connectivity index (χ4n) is 2.88. The Bertz CT molecular complexity index is 756. The highest BCUT2D eigenvalue weighted by atomic mass is 15.3. The van der Waals surface area contributed by atoms with Gasteiger partial charge in [-0.05, 0) is 19.1 Å². The van der Waals surface area contributed by atoms with Crippen molar-refractivity contribution >= 4 is 11.6 Å². The zero-order valence-electron chi connectivity index (χ0n) is 14.4. The molecule has 0 unspecified atom stereocenters. The van der Waals surface area contributed by atoms with Crippen LogP contribution in [0.15, 0.2) is 24.4 Å². The Balaban J connectivity index is 1.75. The lowest BCUT2D eigenvalue weighted by molar-refractivity contribution is 0.635. The summed E-state index contributed by atoms with van der Waals surface area (Å²) in [6, 6.07) is 7.89. The van der Waals surface area contributed by atoms with E-state index in [0.717, 1.165) is 49.3 Å². The third-order valence-corrected chi connectivity index (χ3v) is 4.18. The van der Waals surface area contributed by atoms with Crippen LogP contribution >= 0.6 is 0 Å². The maximum atomic E-state index is 9.25. The number of aryl methyl sites for hydroxylation is 1. The standard InChI is InChI=1S/C18H22N6/c1-13(2)17-21-14(3)11-16(22-17)23-7-9-24(10-8-23)18-15(12-19)5-4-6-20-18/h4-6,11,13H,7-10H2,1-3H3. The average Bonchev–Trinajstić information content (AvgIpc) is 2.61. The molecule has 1 aliphatic heterocycles. The van der Waals surface area contributed by atoms with Gasteiger partial charge in [-0.15, -0.1) is 0 Å². The van der Waals surface area contributed by atoms with Gasteiger partial charge in [-0.3, -0.25) is 0 Å². The lowest BCUT2D eigenvalue weighted by atomic mass is 10.2. The monoisotopic (exact) mass is 322 g/mol. The summed E-state index contributed by atoms with van der Waals surface area (Å²) in [4.78, 5) is 18.1. The van der Waals surface area contributed by atoms with Gasteiger partial charge in [0, 0.05) is 50.1 Å². The SMILES string of the molecule is Cc1cc(N2CCN(c3ncccc3C#N)CC2)nc(C(C)C)n1. The second kappa shape index (κ2) is 6.83. The van der Waals surface area contributed by atoms with Crippen molar-refractivity contribution in [1.82, 2.24) is 15.0 Å². The predicted molar refractivity (Wildman–Crippen MR) is 94.2 cm³/mol. The molecule has 0 radical (unpaired) electrons. The van der Waals surface area contributed by atoms with E-state index >= 15 is 0 Å². The Kier molecular flexibility index (Phi) is 4.61. The van der Waals surface area contributed by atoms with Crippen molar-refractivity contribution < 1.29 is 0 Å². The summed E-state index contributed by atoms with van der Waals surface area (Å²) in [5.74, 6) is 2.98. The molecule has 0 N–H and O–H groups in total. The van der Waals surface area contributed by atoms with Crippen molar-refractivity contribution in [2.45, 2.75) is 26.7 Å². The largest absolute Gasteiger partial charge is 0.353 e. The van der Waals surface area contributed by atoms with Gasteiger partial charge >= 0.3 is 0 Å². The second-order valence-electron chi connectivity index (χ2n) is 6.34. The molecule has 2 aromatic rings. The molecule has 1 saturated heterocycles. The van der Waals surface area contributed by atoms with Crippen LogP contribution in [0.3, 0.4) is 0 Å². The maximum Gasteiger partial charge on any atom is 0.146 e. The van der Waals surface area contributed by atoms with Crippen LogP contribution in [0.25, 0.3) is 0 Å². The number of piperazine rings is 1. The van der Waals surface area contributed by atoms with Crippen molar-refractivity contribution in [1.29, 1.82) is 5.26 Å². The van der Waals surface area contributed by atoms with E-state index in [1.807, 2.05) is 19.1 Å².